The predicted molar refractivity (Wildman–Crippen MR) is 124 cm³/mol. The van der Waals surface area contributed by atoms with Crippen molar-refractivity contribution in [2.75, 3.05) is 0 Å². The lowest BCUT2D eigenvalue weighted by atomic mass is 9.90. The number of carbonyl (C=O) groups excluding carboxylic acids is 2. The van der Waals surface area contributed by atoms with Crippen LogP contribution in [0.3, 0.4) is 0 Å². The summed E-state index contributed by atoms with van der Waals surface area (Å²) in [5, 5.41) is 11.5. The Balaban J connectivity index is 0.00000231. The molecule has 1 fully saturated rings. The minimum Gasteiger partial charge on any atom is -0.351 e. The summed E-state index contributed by atoms with van der Waals surface area (Å²) in [5.74, 6) is -0.325. The van der Waals surface area contributed by atoms with Gasteiger partial charge in [-0.25, -0.2) is 4.98 Å². The predicted octanol–water partition coefficient (Wildman–Crippen LogP) is 3.77. The number of nitrogens with zero attached hydrogens (tertiary/aromatic N) is 1. The summed E-state index contributed by atoms with van der Waals surface area (Å²) in [6, 6.07) is 7.06. The molecule has 2 aromatic heterocycles. The number of amides is 2. The average molecular weight is 480 g/mol. The van der Waals surface area contributed by atoms with Gasteiger partial charge in [-0.15, -0.1) is 23.7 Å². The first kappa shape index (κ1) is 22.1. The fraction of sp³-hybridized carbons (Fsp3) is 0.381. The number of H-pyrrole nitrogens is 1. The van der Waals surface area contributed by atoms with Gasteiger partial charge in [0, 0.05) is 46.0 Å². The summed E-state index contributed by atoms with van der Waals surface area (Å²) < 4.78 is 0. The molecule has 4 N–H and O–H groups in total. The number of hydrogen-bond acceptors (Lipinski definition) is 5. The van der Waals surface area contributed by atoms with Crippen molar-refractivity contribution in [1.82, 2.24) is 25.9 Å². The van der Waals surface area contributed by atoms with Gasteiger partial charge in [0.05, 0.1) is 5.69 Å². The van der Waals surface area contributed by atoms with E-state index in [9.17, 15) is 9.59 Å². The Bertz CT molecular complexity index is 1110. The van der Waals surface area contributed by atoms with Crippen molar-refractivity contribution >= 4 is 58.1 Å². The highest BCUT2D eigenvalue weighted by atomic mass is 35.5. The van der Waals surface area contributed by atoms with E-state index in [2.05, 4.69) is 25.9 Å². The third-order valence-electron chi connectivity index (χ3n) is 5.78. The normalized spacial score (nSPS) is 20.2. The van der Waals surface area contributed by atoms with E-state index in [4.69, 9.17) is 11.6 Å². The maximum absolute atomic E-state index is 12.9. The van der Waals surface area contributed by atoms with Crippen molar-refractivity contribution < 1.29 is 9.59 Å². The van der Waals surface area contributed by atoms with Gasteiger partial charge in [0.2, 0.25) is 0 Å². The Morgan fingerprint density at radius 1 is 1.06 bits per heavy atom. The summed E-state index contributed by atoms with van der Waals surface area (Å²) in [4.78, 5) is 34.3. The second-order valence-electron chi connectivity index (χ2n) is 7.85. The van der Waals surface area contributed by atoms with Crippen molar-refractivity contribution in [2.45, 2.75) is 50.9 Å². The van der Waals surface area contributed by atoms with Crippen LogP contribution in [0, 0.1) is 0 Å². The molecule has 3 aromatic rings. The lowest BCUT2D eigenvalue weighted by molar-refractivity contribution is 0.0860. The quantitative estimate of drug-likeness (QED) is 0.457. The minimum atomic E-state index is -0.173. The van der Waals surface area contributed by atoms with E-state index in [0.29, 0.717) is 15.7 Å². The molecule has 1 aromatic carbocycles. The number of fused-ring (bicyclic) bond motifs is 2. The van der Waals surface area contributed by atoms with Crippen LogP contribution in [0.25, 0.3) is 10.9 Å². The first-order valence-corrected chi connectivity index (χ1v) is 11.4. The second kappa shape index (κ2) is 9.16. The summed E-state index contributed by atoms with van der Waals surface area (Å²) in [6.07, 6.45) is 3.73. The molecule has 2 aliphatic rings. The van der Waals surface area contributed by atoms with Crippen molar-refractivity contribution in [3.63, 3.8) is 0 Å². The molecule has 10 heteroatoms. The molecule has 0 spiro atoms. The van der Waals surface area contributed by atoms with E-state index < -0.39 is 0 Å². The number of thiazole rings is 1. The fourth-order valence-corrected chi connectivity index (χ4v) is 5.36. The van der Waals surface area contributed by atoms with E-state index in [1.165, 1.54) is 11.3 Å². The summed E-state index contributed by atoms with van der Waals surface area (Å²) in [7, 11) is 0. The van der Waals surface area contributed by atoms with Gasteiger partial charge in [0.15, 0.2) is 5.01 Å². The largest absolute Gasteiger partial charge is 0.351 e. The molecule has 5 rings (SSSR count). The molecule has 3 heterocycles. The lowest BCUT2D eigenvalue weighted by Gasteiger charge is -2.32. The van der Waals surface area contributed by atoms with Gasteiger partial charge in [-0.1, -0.05) is 24.4 Å². The zero-order valence-corrected chi connectivity index (χ0v) is 19.1. The Morgan fingerprint density at radius 2 is 1.81 bits per heavy atom. The zero-order valence-electron chi connectivity index (χ0n) is 16.7. The van der Waals surface area contributed by atoms with Gasteiger partial charge in [-0.05, 0) is 37.1 Å². The highest BCUT2D eigenvalue weighted by Crippen LogP contribution is 2.25. The van der Waals surface area contributed by atoms with Crippen LogP contribution in [0.5, 0.6) is 0 Å². The van der Waals surface area contributed by atoms with Crippen molar-refractivity contribution in [3.8, 4) is 0 Å². The van der Waals surface area contributed by atoms with Gasteiger partial charge < -0.3 is 20.9 Å². The first-order chi connectivity index (χ1) is 14.6. The van der Waals surface area contributed by atoms with E-state index in [-0.39, 0.29) is 36.3 Å². The van der Waals surface area contributed by atoms with Crippen LogP contribution >= 0.6 is 35.3 Å². The molecule has 164 valence electrons. The van der Waals surface area contributed by atoms with Crippen LogP contribution in [0.1, 0.15) is 56.5 Å². The molecule has 0 saturated heterocycles. The highest BCUT2D eigenvalue weighted by molar-refractivity contribution is 7.13. The molecule has 2 atom stereocenters. The Kier molecular flexibility index (Phi) is 6.52. The van der Waals surface area contributed by atoms with E-state index in [1.54, 1.807) is 12.1 Å². The number of halogens is 2. The average Bonchev–Trinajstić information content (AvgIpc) is 3.43. The topological polar surface area (TPSA) is 98.9 Å². The van der Waals surface area contributed by atoms with E-state index in [0.717, 1.165) is 60.2 Å². The van der Waals surface area contributed by atoms with Crippen LogP contribution in [0.4, 0.5) is 0 Å². The van der Waals surface area contributed by atoms with Gasteiger partial charge >= 0.3 is 0 Å². The first-order valence-electron chi connectivity index (χ1n) is 10.2. The Labute approximate surface area is 194 Å². The summed E-state index contributed by atoms with van der Waals surface area (Å²) >= 11 is 7.49. The maximum atomic E-state index is 12.9. The number of aromatic nitrogens is 2. The molecule has 2 unspecified atom stereocenters. The number of carbonyl (C=O) groups is 2. The number of hydrogen-bond donors (Lipinski definition) is 4. The molecule has 2 amide bonds. The van der Waals surface area contributed by atoms with Crippen LogP contribution in [0.15, 0.2) is 24.3 Å². The van der Waals surface area contributed by atoms with Gasteiger partial charge in [-0.3, -0.25) is 9.59 Å². The third-order valence-corrected chi connectivity index (χ3v) is 7.11. The maximum Gasteiger partial charge on any atom is 0.280 e. The number of nitrogens with one attached hydrogen (secondary N) is 4. The molecule has 0 radical (unpaired) electrons. The van der Waals surface area contributed by atoms with Crippen LogP contribution < -0.4 is 16.0 Å². The van der Waals surface area contributed by atoms with E-state index >= 15 is 0 Å². The highest BCUT2D eigenvalue weighted by Gasteiger charge is 2.30. The Hall–Kier alpha value is -2.13. The molecular weight excluding hydrogens is 457 g/mol. The molecule has 7 nitrogen and oxygen atoms in total. The van der Waals surface area contributed by atoms with Gasteiger partial charge in [0.1, 0.15) is 5.69 Å². The molecule has 31 heavy (non-hydrogen) atoms. The van der Waals surface area contributed by atoms with Crippen molar-refractivity contribution in [1.29, 1.82) is 0 Å². The Morgan fingerprint density at radius 3 is 2.55 bits per heavy atom. The zero-order chi connectivity index (χ0) is 20.7. The number of benzene rings is 1. The van der Waals surface area contributed by atoms with Gasteiger partial charge in [0.25, 0.3) is 11.8 Å². The number of aromatic amines is 1. The second-order valence-corrected chi connectivity index (χ2v) is 9.37. The lowest BCUT2D eigenvalue weighted by Crippen LogP contribution is -2.53. The van der Waals surface area contributed by atoms with Crippen molar-refractivity contribution in [2.24, 2.45) is 0 Å². The van der Waals surface area contributed by atoms with Crippen LogP contribution in [-0.2, 0) is 13.1 Å². The molecule has 0 bridgehead atoms. The van der Waals surface area contributed by atoms with Crippen LogP contribution in [0.2, 0.25) is 5.02 Å². The molecular formula is C21H23Cl2N5O2S. The van der Waals surface area contributed by atoms with Gasteiger partial charge in [-0.2, -0.15) is 0 Å². The minimum absolute atomic E-state index is 0. The summed E-state index contributed by atoms with van der Waals surface area (Å²) in [5.41, 5.74) is 2.33. The third kappa shape index (κ3) is 4.57. The monoisotopic (exact) mass is 479 g/mol. The SMILES string of the molecule is Cl.O=C(NC1CCCCC1NC(=O)c1nc2c(s1)CNC2)c1cc2cc(Cl)ccc2[nH]1. The fourth-order valence-electron chi connectivity index (χ4n) is 4.23. The van der Waals surface area contributed by atoms with Crippen molar-refractivity contribution in [3.05, 3.63) is 50.6 Å². The number of rotatable bonds is 4. The standard InChI is InChI=1S/C21H22ClN5O2S.ClH/c22-12-5-6-13-11(7-12)8-16(24-13)19(28)25-14-3-1-2-4-15(14)26-20(29)21-27-17-9-23-10-18(17)30-21;/h5-8,14-15,23-24H,1-4,9-10H2,(H,25,28)(H,26,29);1H. The molecule has 1 saturated carbocycles. The molecule has 1 aliphatic heterocycles. The van der Waals surface area contributed by atoms with E-state index in [1.807, 2.05) is 12.1 Å². The molecule has 1 aliphatic carbocycles. The smallest absolute Gasteiger partial charge is 0.280 e. The van der Waals surface area contributed by atoms with Crippen LogP contribution in [-0.4, -0.2) is 33.9 Å². The summed E-state index contributed by atoms with van der Waals surface area (Å²) in [6.45, 7) is 1.50.